The molecule has 1 atom stereocenters. The highest BCUT2D eigenvalue weighted by molar-refractivity contribution is 7.91. The van der Waals surface area contributed by atoms with Crippen LogP contribution in [0.15, 0.2) is 48.5 Å². The fraction of sp³-hybridized carbons (Fsp3) is 0.348. The molecular weight excluding hydrogens is 457 g/mol. The zero-order chi connectivity index (χ0) is 22.4. The van der Waals surface area contributed by atoms with E-state index < -0.39 is 9.84 Å². The number of hydrogen-bond acceptors (Lipinski definition) is 4. The summed E-state index contributed by atoms with van der Waals surface area (Å²) in [5, 5.41) is 0.951. The summed E-state index contributed by atoms with van der Waals surface area (Å²) >= 11 is 12.1. The van der Waals surface area contributed by atoms with Crippen LogP contribution in [0.25, 0.3) is 6.08 Å². The summed E-state index contributed by atoms with van der Waals surface area (Å²) in [7, 11) is -3.14. The van der Waals surface area contributed by atoms with E-state index >= 15 is 0 Å². The molecule has 0 saturated carbocycles. The molecule has 8 heteroatoms. The fourth-order valence-electron chi connectivity index (χ4n) is 3.41. The molecule has 1 heterocycles. The smallest absolute Gasteiger partial charge is 0.247 e. The van der Waals surface area contributed by atoms with Crippen molar-refractivity contribution in [2.45, 2.75) is 32.4 Å². The second kappa shape index (κ2) is 10.5. The molecule has 31 heavy (non-hydrogen) atoms. The van der Waals surface area contributed by atoms with Crippen LogP contribution in [-0.2, 0) is 21.2 Å². The minimum atomic E-state index is -3.14. The highest BCUT2D eigenvalue weighted by Crippen LogP contribution is 2.24. The maximum atomic E-state index is 13.1. The van der Waals surface area contributed by atoms with Crippen molar-refractivity contribution in [1.29, 1.82) is 0 Å². The largest absolute Gasteiger partial charge is 0.494 e. The minimum absolute atomic E-state index is 0.0218. The van der Waals surface area contributed by atoms with Gasteiger partial charge in [0.15, 0.2) is 9.84 Å². The van der Waals surface area contributed by atoms with E-state index in [0.717, 1.165) is 17.7 Å². The molecule has 5 nitrogen and oxygen atoms in total. The molecule has 1 amide bonds. The number of carbonyl (C=O) groups is 1. The van der Waals surface area contributed by atoms with Gasteiger partial charge in [-0.25, -0.2) is 8.42 Å². The van der Waals surface area contributed by atoms with Crippen molar-refractivity contribution in [3.8, 4) is 5.75 Å². The SMILES string of the molecule is CCCOc1ccc(CN(C(=O)/C=C/c2ccc(Cl)cc2Cl)C2CCS(=O)(=O)C2)cc1. The normalized spacial score (nSPS) is 17.7. The molecule has 0 bridgehead atoms. The summed E-state index contributed by atoms with van der Waals surface area (Å²) in [6.07, 6.45) is 4.41. The molecule has 0 N–H and O–H groups in total. The Hall–Kier alpha value is -2.02. The van der Waals surface area contributed by atoms with Crippen LogP contribution in [0, 0.1) is 0 Å². The highest BCUT2D eigenvalue weighted by Gasteiger charge is 2.34. The monoisotopic (exact) mass is 481 g/mol. The summed E-state index contributed by atoms with van der Waals surface area (Å²) in [4.78, 5) is 14.7. The van der Waals surface area contributed by atoms with E-state index in [1.54, 1.807) is 29.2 Å². The van der Waals surface area contributed by atoms with Crippen molar-refractivity contribution >= 4 is 45.0 Å². The summed E-state index contributed by atoms with van der Waals surface area (Å²) in [6, 6.07) is 12.2. The van der Waals surface area contributed by atoms with Crippen molar-refractivity contribution < 1.29 is 17.9 Å². The van der Waals surface area contributed by atoms with Gasteiger partial charge in [0.1, 0.15) is 5.75 Å². The Morgan fingerprint density at radius 1 is 1.19 bits per heavy atom. The number of halogens is 2. The first-order chi connectivity index (χ1) is 14.8. The van der Waals surface area contributed by atoms with Crippen molar-refractivity contribution in [3.05, 3.63) is 69.7 Å². The molecule has 3 rings (SSSR count). The number of hydrogen-bond donors (Lipinski definition) is 0. The maximum absolute atomic E-state index is 13.1. The molecule has 166 valence electrons. The second-order valence-electron chi connectivity index (χ2n) is 7.51. The van der Waals surface area contributed by atoms with Crippen LogP contribution in [0.2, 0.25) is 10.0 Å². The molecule has 1 unspecified atom stereocenters. The van der Waals surface area contributed by atoms with Crippen LogP contribution in [0.5, 0.6) is 5.75 Å². The Morgan fingerprint density at radius 3 is 2.55 bits per heavy atom. The summed E-state index contributed by atoms with van der Waals surface area (Å²) in [5.74, 6) is 0.577. The van der Waals surface area contributed by atoms with Gasteiger partial charge in [-0.3, -0.25) is 4.79 Å². The standard InChI is InChI=1S/C23H25Cl2NO4S/c1-2-12-30-21-8-3-17(4-9-21)15-26(20-11-13-31(28,29)16-20)23(27)10-6-18-5-7-19(24)14-22(18)25/h3-10,14,20H,2,11-13,15-16H2,1H3/b10-6+. The molecule has 1 aliphatic rings. The van der Waals surface area contributed by atoms with Crippen LogP contribution in [-0.4, -0.2) is 43.4 Å². The first kappa shape index (κ1) is 23.6. The predicted molar refractivity (Wildman–Crippen MR) is 125 cm³/mol. The third kappa shape index (κ3) is 6.73. The van der Waals surface area contributed by atoms with Gasteiger partial charge in [-0.2, -0.15) is 0 Å². The fourth-order valence-corrected chi connectivity index (χ4v) is 5.61. The predicted octanol–water partition coefficient (Wildman–Crippen LogP) is 5.01. The second-order valence-corrected chi connectivity index (χ2v) is 10.6. The molecule has 0 radical (unpaired) electrons. The van der Waals surface area contributed by atoms with E-state index in [4.69, 9.17) is 27.9 Å². The third-order valence-electron chi connectivity index (χ3n) is 5.05. The minimum Gasteiger partial charge on any atom is -0.494 e. The van der Waals surface area contributed by atoms with Gasteiger partial charge >= 0.3 is 0 Å². The van der Waals surface area contributed by atoms with E-state index in [2.05, 4.69) is 0 Å². The number of rotatable bonds is 8. The van der Waals surface area contributed by atoms with Crippen molar-refractivity contribution in [1.82, 2.24) is 4.90 Å². The van der Waals surface area contributed by atoms with Gasteiger partial charge in [0.25, 0.3) is 0 Å². The Bertz CT molecular complexity index is 1050. The van der Waals surface area contributed by atoms with E-state index in [0.29, 0.717) is 35.2 Å². The Balaban J connectivity index is 1.79. The van der Waals surface area contributed by atoms with Gasteiger partial charge < -0.3 is 9.64 Å². The number of carbonyl (C=O) groups excluding carboxylic acids is 1. The number of amides is 1. The summed E-state index contributed by atoms with van der Waals surface area (Å²) in [6.45, 7) is 2.99. The van der Waals surface area contributed by atoms with Gasteiger partial charge in [-0.05, 0) is 54.3 Å². The van der Waals surface area contributed by atoms with Crippen molar-refractivity contribution in [2.24, 2.45) is 0 Å². The van der Waals surface area contributed by atoms with Crippen LogP contribution in [0.4, 0.5) is 0 Å². The lowest BCUT2D eigenvalue weighted by atomic mass is 10.1. The van der Waals surface area contributed by atoms with Crippen LogP contribution in [0.1, 0.15) is 30.9 Å². The van der Waals surface area contributed by atoms with Crippen molar-refractivity contribution in [2.75, 3.05) is 18.1 Å². The number of benzene rings is 2. The number of sulfone groups is 1. The molecule has 1 aliphatic heterocycles. The molecular formula is C23H25Cl2NO4S. The highest BCUT2D eigenvalue weighted by atomic mass is 35.5. The lowest BCUT2D eigenvalue weighted by Gasteiger charge is -2.27. The average Bonchev–Trinajstić information content (AvgIpc) is 3.09. The summed E-state index contributed by atoms with van der Waals surface area (Å²) < 4.78 is 29.6. The number of nitrogens with zero attached hydrogens (tertiary/aromatic N) is 1. The molecule has 0 spiro atoms. The zero-order valence-corrected chi connectivity index (χ0v) is 19.6. The number of ether oxygens (including phenoxy) is 1. The third-order valence-corrected chi connectivity index (χ3v) is 7.36. The molecule has 1 saturated heterocycles. The Labute approximate surface area is 193 Å². The van der Waals surface area contributed by atoms with E-state index in [1.165, 1.54) is 6.08 Å². The topological polar surface area (TPSA) is 63.7 Å². The molecule has 2 aromatic rings. The molecule has 2 aromatic carbocycles. The first-order valence-electron chi connectivity index (χ1n) is 10.1. The Kier molecular flexibility index (Phi) is 8.03. The molecule has 1 fully saturated rings. The molecule has 0 aromatic heterocycles. The molecule has 0 aliphatic carbocycles. The lowest BCUT2D eigenvalue weighted by Crippen LogP contribution is -2.39. The van der Waals surface area contributed by atoms with Gasteiger partial charge in [0, 0.05) is 28.7 Å². The Morgan fingerprint density at radius 2 is 1.94 bits per heavy atom. The summed E-state index contributed by atoms with van der Waals surface area (Å²) in [5.41, 5.74) is 1.57. The van der Waals surface area contributed by atoms with Crippen LogP contribution >= 0.6 is 23.2 Å². The van der Waals surface area contributed by atoms with Gasteiger partial charge in [0.2, 0.25) is 5.91 Å². The maximum Gasteiger partial charge on any atom is 0.247 e. The van der Waals surface area contributed by atoms with E-state index in [1.807, 2.05) is 31.2 Å². The first-order valence-corrected chi connectivity index (χ1v) is 12.7. The quantitative estimate of drug-likeness (QED) is 0.497. The van der Waals surface area contributed by atoms with Gasteiger partial charge in [-0.15, -0.1) is 0 Å². The van der Waals surface area contributed by atoms with E-state index in [-0.39, 0.29) is 23.5 Å². The van der Waals surface area contributed by atoms with E-state index in [9.17, 15) is 13.2 Å². The average molecular weight is 482 g/mol. The zero-order valence-electron chi connectivity index (χ0n) is 17.3. The van der Waals surface area contributed by atoms with Gasteiger partial charge in [-0.1, -0.05) is 48.3 Å². The van der Waals surface area contributed by atoms with Gasteiger partial charge in [0.05, 0.1) is 18.1 Å². The van der Waals surface area contributed by atoms with Crippen LogP contribution < -0.4 is 4.74 Å². The van der Waals surface area contributed by atoms with Crippen molar-refractivity contribution in [3.63, 3.8) is 0 Å². The van der Waals surface area contributed by atoms with Crippen LogP contribution in [0.3, 0.4) is 0 Å². The lowest BCUT2D eigenvalue weighted by molar-refractivity contribution is -0.128.